The van der Waals surface area contributed by atoms with Gasteiger partial charge in [-0.25, -0.2) is 4.79 Å². The van der Waals surface area contributed by atoms with E-state index in [1.54, 1.807) is 0 Å². The Morgan fingerprint density at radius 3 is 2.60 bits per heavy atom. The zero-order valence-electron chi connectivity index (χ0n) is 7.45. The number of carbonyl (C=O) groups is 1. The Morgan fingerprint density at radius 1 is 1.47 bits per heavy atom. The lowest BCUT2D eigenvalue weighted by molar-refractivity contribution is -0.400. The molecule has 0 fully saturated rings. The van der Waals surface area contributed by atoms with E-state index >= 15 is 0 Å². The third-order valence-corrected chi connectivity index (χ3v) is 1.64. The molecular formula is C9H7NO5. The highest BCUT2D eigenvalue weighted by molar-refractivity contribution is 5.91. The third kappa shape index (κ3) is 2.80. The van der Waals surface area contributed by atoms with Gasteiger partial charge in [0.1, 0.15) is 11.3 Å². The van der Waals surface area contributed by atoms with Crippen LogP contribution in [0.3, 0.4) is 0 Å². The van der Waals surface area contributed by atoms with Crippen molar-refractivity contribution >= 4 is 12.0 Å². The molecule has 2 N–H and O–H groups in total. The molecule has 0 aromatic heterocycles. The number of nitro groups is 1. The summed E-state index contributed by atoms with van der Waals surface area (Å²) < 4.78 is 0. The van der Waals surface area contributed by atoms with Gasteiger partial charge in [-0.05, 0) is 17.7 Å². The van der Waals surface area contributed by atoms with Crippen molar-refractivity contribution in [1.29, 1.82) is 0 Å². The van der Waals surface area contributed by atoms with Crippen molar-refractivity contribution in [2.24, 2.45) is 0 Å². The summed E-state index contributed by atoms with van der Waals surface area (Å²) in [6, 6.07) is 3.68. The van der Waals surface area contributed by atoms with Crippen molar-refractivity contribution in [2.75, 3.05) is 0 Å². The number of rotatable bonds is 3. The fourth-order valence-corrected chi connectivity index (χ4v) is 0.980. The van der Waals surface area contributed by atoms with Crippen molar-refractivity contribution in [3.05, 3.63) is 45.6 Å². The van der Waals surface area contributed by atoms with Gasteiger partial charge in [0.05, 0.1) is 4.92 Å². The number of carboxylic acids is 1. The van der Waals surface area contributed by atoms with Crippen LogP contribution >= 0.6 is 0 Å². The van der Waals surface area contributed by atoms with Gasteiger partial charge in [0.2, 0.25) is 6.20 Å². The van der Waals surface area contributed by atoms with E-state index in [9.17, 15) is 20.0 Å². The molecule has 0 unspecified atom stereocenters. The monoisotopic (exact) mass is 209 g/mol. The number of carboxylic acid groups (broad SMARTS) is 1. The van der Waals surface area contributed by atoms with Gasteiger partial charge in [-0.2, -0.15) is 0 Å². The molecule has 0 spiro atoms. The minimum absolute atomic E-state index is 0.242. The molecule has 0 aliphatic carbocycles. The second kappa shape index (κ2) is 4.23. The highest BCUT2D eigenvalue weighted by Gasteiger charge is 2.08. The van der Waals surface area contributed by atoms with E-state index in [-0.39, 0.29) is 5.56 Å². The topological polar surface area (TPSA) is 101 Å². The first-order chi connectivity index (χ1) is 7.00. The lowest BCUT2D eigenvalue weighted by atomic mass is 10.1. The molecule has 0 saturated heterocycles. The van der Waals surface area contributed by atoms with Gasteiger partial charge in [0.25, 0.3) is 0 Å². The summed E-state index contributed by atoms with van der Waals surface area (Å²) >= 11 is 0. The number of phenols is 1. The molecular weight excluding hydrogens is 202 g/mol. The lowest BCUT2D eigenvalue weighted by Gasteiger charge is -1.99. The first-order valence-electron chi connectivity index (χ1n) is 3.88. The Morgan fingerprint density at radius 2 is 2.13 bits per heavy atom. The Kier molecular flexibility index (Phi) is 3.02. The van der Waals surface area contributed by atoms with Gasteiger partial charge in [-0.3, -0.25) is 10.1 Å². The summed E-state index contributed by atoms with van der Waals surface area (Å²) in [5.41, 5.74) is 0.113. The van der Waals surface area contributed by atoms with E-state index in [0.29, 0.717) is 11.8 Å². The van der Waals surface area contributed by atoms with Crippen LogP contribution in [0.25, 0.3) is 6.08 Å². The first kappa shape index (κ1) is 10.7. The van der Waals surface area contributed by atoms with Crippen molar-refractivity contribution < 1.29 is 19.9 Å². The zero-order chi connectivity index (χ0) is 11.4. The van der Waals surface area contributed by atoms with Crippen LogP contribution < -0.4 is 0 Å². The Hall–Kier alpha value is -2.37. The van der Waals surface area contributed by atoms with Gasteiger partial charge in [0, 0.05) is 6.08 Å². The van der Waals surface area contributed by atoms with E-state index < -0.39 is 16.6 Å². The van der Waals surface area contributed by atoms with Crippen molar-refractivity contribution in [1.82, 2.24) is 0 Å². The molecule has 0 bridgehead atoms. The highest BCUT2D eigenvalue weighted by Crippen LogP contribution is 2.19. The second-order valence-electron chi connectivity index (χ2n) is 2.68. The summed E-state index contributed by atoms with van der Waals surface area (Å²) in [4.78, 5) is 19.9. The molecule has 0 radical (unpaired) electrons. The smallest absolute Gasteiger partial charge is 0.339 e. The van der Waals surface area contributed by atoms with Crippen molar-refractivity contribution in [3.8, 4) is 5.75 Å². The van der Waals surface area contributed by atoms with E-state index in [0.717, 1.165) is 12.1 Å². The van der Waals surface area contributed by atoms with Gasteiger partial charge in [-0.15, -0.1) is 0 Å². The van der Waals surface area contributed by atoms with Crippen LogP contribution in [0.2, 0.25) is 0 Å². The molecule has 0 amide bonds. The predicted octanol–water partition coefficient (Wildman–Crippen LogP) is 1.34. The Balaban J connectivity index is 3.01. The average molecular weight is 209 g/mol. The molecule has 0 atom stereocenters. The standard InChI is InChI=1S/C9H7NO5/c11-8-5-6(3-4-10(14)15)1-2-7(8)9(12)13/h1-5,11H,(H,12,13). The number of nitrogens with zero attached hydrogens (tertiary/aromatic N) is 1. The fourth-order valence-electron chi connectivity index (χ4n) is 0.980. The zero-order valence-corrected chi connectivity index (χ0v) is 7.45. The summed E-state index contributed by atoms with van der Waals surface area (Å²) in [6.45, 7) is 0. The largest absolute Gasteiger partial charge is 0.507 e. The van der Waals surface area contributed by atoms with Gasteiger partial charge < -0.3 is 10.2 Å². The molecule has 78 valence electrons. The normalized spacial score (nSPS) is 10.4. The fraction of sp³-hybridized carbons (Fsp3) is 0. The summed E-state index contributed by atoms with van der Waals surface area (Å²) in [5.74, 6) is -1.68. The summed E-state index contributed by atoms with van der Waals surface area (Å²) in [5, 5.41) is 27.8. The molecule has 0 aliphatic rings. The van der Waals surface area contributed by atoms with Crippen LogP contribution in [-0.2, 0) is 0 Å². The second-order valence-corrected chi connectivity index (χ2v) is 2.68. The molecule has 0 saturated carbocycles. The first-order valence-corrected chi connectivity index (χ1v) is 3.88. The van der Waals surface area contributed by atoms with Crippen molar-refractivity contribution in [2.45, 2.75) is 0 Å². The van der Waals surface area contributed by atoms with Crippen LogP contribution in [0, 0.1) is 10.1 Å². The SMILES string of the molecule is O=C(O)c1ccc(C=C[N+](=O)[O-])cc1O. The molecule has 0 aliphatic heterocycles. The predicted molar refractivity (Wildman–Crippen MR) is 51.1 cm³/mol. The van der Waals surface area contributed by atoms with Crippen molar-refractivity contribution in [3.63, 3.8) is 0 Å². The lowest BCUT2D eigenvalue weighted by Crippen LogP contribution is -1.96. The number of hydrogen-bond donors (Lipinski definition) is 2. The number of aromatic carboxylic acids is 1. The number of aromatic hydroxyl groups is 1. The van der Waals surface area contributed by atoms with Crippen LogP contribution in [0.4, 0.5) is 0 Å². The minimum Gasteiger partial charge on any atom is -0.507 e. The molecule has 1 aromatic rings. The van der Waals surface area contributed by atoms with E-state index in [1.165, 1.54) is 12.1 Å². The highest BCUT2D eigenvalue weighted by atomic mass is 16.6. The molecule has 1 aromatic carbocycles. The van der Waals surface area contributed by atoms with E-state index in [2.05, 4.69) is 0 Å². The molecule has 1 rings (SSSR count). The number of hydrogen-bond acceptors (Lipinski definition) is 4. The third-order valence-electron chi connectivity index (χ3n) is 1.64. The van der Waals surface area contributed by atoms with Gasteiger partial charge in [0.15, 0.2) is 0 Å². The Labute approximate surface area is 84.2 Å². The van der Waals surface area contributed by atoms with Crippen LogP contribution in [0.1, 0.15) is 15.9 Å². The molecule has 6 nitrogen and oxygen atoms in total. The maximum Gasteiger partial charge on any atom is 0.339 e. The van der Waals surface area contributed by atoms with Gasteiger partial charge >= 0.3 is 5.97 Å². The average Bonchev–Trinajstić information content (AvgIpc) is 2.14. The molecule has 6 heteroatoms. The van der Waals surface area contributed by atoms with Gasteiger partial charge in [-0.1, -0.05) is 6.07 Å². The quantitative estimate of drug-likeness (QED) is 0.577. The number of benzene rings is 1. The van der Waals surface area contributed by atoms with Crippen LogP contribution in [-0.4, -0.2) is 21.1 Å². The summed E-state index contributed by atoms with van der Waals surface area (Å²) in [7, 11) is 0. The van der Waals surface area contributed by atoms with Crippen LogP contribution in [0.5, 0.6) is 5.75 Å². The maximum atomic E-state index is 10.5. The molecule has 15 heavy (non-hydrogen) atoms. The minimum atomic E-state index is -1.25. The van der Waals surface area contributed by atoms with Crippen LogP contribution in [0.15, 0.2) is 24.4 Å². The molecule has 0 heterocycles. The summed E-state index contributed by atoms with van der Waals surface area (Å²) in [6.07, 6.45) is 1.86. The van der Waals surface area contributed by atoms with E-state index in [4.69, 9.17) is 5.11 Å². The van der Waals surface area contributed by atoms with E-state index in [1.807, 2.05) is 0 Å². The maximum absolute atomic E-state index is 10.5. The Bertz CT molecular complexity index is 438.